The molecule has 3 aromatic rings. The van der Waals surface area contributed by atoms with Gasteiger partial charge in [0.05, 0.1) is 15.8 Å². The molecule has 1 aliphatic heterocycles. The molecule has 154 valence electrons. The Morgan fingerprint density at radius 2 is 2.00 bits per heavy atom. The summed E-state index contributed by atoms with van der Waals surface area (Å²) in [7, 11) is 0. The molecule has 2 heterocycles. The van der Waals surface area contributed by atoms with Gasteiger partial charge in [0.1, 0.15) is 0 Å². The number of rotatable bonds is 7. The van der Waals surface area contributed by atoms with Crippen LogP contribution < -0.4 is 10.6 Å². The number of thiophene rings is 1. The Bertz CT molecular complexity index is 1100. The van der Waals surface area contributed by atoms with Gasteiger partial charge in [0, 0.05) is 42.1 Å². The van der Waals surface area contributed by atoms with Crippen LogP contribution in [0.1, 0.15) is 31.2 Å². The summed E-state index contributed by atoms with van der Waals surface area (Å²) in [6.07, 6.45) is 0. The third kappa shape index (κ3) is 4.33. The number of aliphatic hydroxyl groups is 1. The highest BCUT2D eigenvalue weighted by molar-refractivity contribution is 7.18. The molecule has 0 spiro atoms. The van der Waals surface area contributed by atoms with Crippen LogP contribution >= 0.6 is 22.9 Å². The number of fused-ring (bicyclic) bond motifs is 1. The first-order chi connectivity index (χ1) is 14.5. The van der Waals surface area contributed by atoms with Gasteiger partial charge in [0.15, 0.2) is 0 Å². The largest absolute Gasteiger partial charge is 0.395 e. The minimum Gasteiger partial charge on any atom is -0.395 e. The zero-order valence-electron chi connectivity index (χ0n) is 16.0. The van der Waals surface area contributed by atoms with Crippen molar-refractivity contribution < 1.29 is 14.7 Å². The number of aliphatic hydroxyl groups excluding tert-OH is 1. The number of anilines is 2. The number of carbonyl (C=O) groups is 2. The molecular weight excluding hydrogens is 422 g/mol. The summed E-state index contributed by atoms with van der Waals surface area (Å²) in [5, 5.41) is 15.0. The summed E-state index contributed by atoms with van der Waals surface area (Å²) in [4.78, 5) is 27.7. The smallest absolute Gasteiger partial charge is 0.265 e. The Morgan fingerprint density at radius 1 is 1.17 bits per heavy atom. The van der Waals surface area contributed by atoms with Gasteiger partial charge in [-0.3, -0.25) is 9.59 Å². The minimum absolute atomic E-state index is 0.0519. The molecule has 6 nitrogen and oxygen atoms in total. The second-order valence-corrected chi connectivity index (χ2v) is 8.62. The van der Waals surface area contributed by atoms with Crippen LogP contribution in [-0.4, -0.2) is 35.0 Å². The molecule has 2 amide bonds. The van der Waals surface area contributed by atoms with Gasteiger partial charge < -0.3 is 20.6 Å². The van der Waals surface area contributed by atoms with E-state index in [1.165, 1.54) is 11.3 Å². The molecule has 0 aliphatic carbocycles. The van der Waals surface area contributed by atoms with E-state index in [1.54, 1.807) is 29.2 Å². The lowest BCUT2D eigenvalue weighted by Crippen LogP contribution is -2.23. The zero-order chi connectivity index (χ0) is 21.1. The molecule has 3 N–H and O–H groups in total. The van der Waals surface area contributed by atoms with E-state index in [1.807, 2.05) is 30.3 Å². The SMILES string of the molecule is O=C(Nc1cccc2c1CN(Cc1cccc(NCCO)c1)C2=O)c1ccc(Cl)s1. The summed E-state index contributed by atoms with van der Waals surface area (Å²) < 4.78 is 0.551. The fraction of sp³-hybridized carbons (Fsp3) is 0.182. The number of halogens is 1. The average Bonchev–Trinajstić information content (AvgIpc) is 3.31. The molecule has 0 radical (unpaired) electrons. The molecule has 0 unspecified atom stereocenters. The highest BCUT2D eigenvalue weighted by atomic mass is 35.5. The molecular formula is C22H20ClN3O3S. The molecule has 2 aromatic carbocycles. The third-order valence-electron chi connectivity index (χ3n) is 4.83. The molecule has 4 rings (SSSR count). The van der Waals surface area contributed by atoms with Crippen molar-refractivity contribution in [2.24, 2.45) is 0 Å². The Morgan fingerprint density at radius 3 is 2.77 bits per heavy atom. The number of nitrogens with one attached hydrogen (secondary N) is 2. The predicted molar refractivity (Wildman–Crippen MR) is 119 cm³/mol. The Labute approximate surface area is 183 Å². The average molecular weight is 442 g/mol. The molecule has 1 aromatic heterocycles. The lowest BCUT2D eigenvalue weighted by atomic mass is 10.1. The number of amides is 2. The van der Waals surface area contributed by atoms with Gasteiger partial charge in [-0.25, -0.2) is 0 Å². The van der Waals surface area contributed by atoms with Crippen LogP contribution in [0.2, 0.25) is 4.34 Å². The maximum atomic E-state index is 12.9. The van der Waals surface area contributed by atoms with Crippen LogP contribution in [0.4, 0.5) is 11.4 Å². The molecule has 8 heteroatoms. The maximum absolute atomic E-state index is 12.9. The lowest BCUT2D eigenvalue weighted by molar-refractivity contribution is 0.0766. The van der Waals surface area contributed by atoms with Crippen molar-refractivity contribution in [3.05, 3.63) is 80.5 Å². The van der Waals surface area contributed by atoms with Crippen molar-refractivity contribution in [2.45, 2.75) is 13.1 Å². The van der Waals surface area contributed by atoms with E-state index in [-0.39, 0.29) is 18.4 Å². The number of hydrogen-bond donors (Lipinski definition) is 3. The fourth-order valence-corrected chi connectivity index (χ4v) is 4.39. The second kappa shape index (κ2) is 8.87. The topological polar surface area (TPSA) is 81.7 Å². The van der Waals surface area contributed by atoms with Crippen molar-refractivity contribution in [3.8, 4) is 0 Å². The minimum atomic E-state index is -0.242. The normalized spacial score (nSPS) is 12.7. The Hall–Kier alpha value is -2.87. The summed E-state index contributed by atoms with van der Waals surface area (Å²) in [6, 6.07) is 16.5. The first kappa shape index (κ1) is 20.4. The van der Waals surface area contributed by atoms with E-state index in [0.29, 0.717) is 40.1 Å². The standard InChI is InChI=1S/C22H20ClN3O3S/c23-20-8-7-19(30-20)21(28)25-18-6-2-5-16-17(18)13-26(22(16)29)12-14-3-1-4-15(11-14)24-9-10-27/h1-8,11,24,27H,9-10,12-13H2,(H,25,28). The molecule has 30 heavy (non-hydrogen) atoms. The summed E-state index contributed by atoms with van der Waals surface area (Å²) in [5.74, 6) is -0.303. The third-order valence-corrected chi connectivity index (χ3v) is 6.06. The van der Waals surface area contributed by atoms with E-state index < -0.39 is 0 Å². The van der Waals surface area contributed by atoms with Gasteiger partial charge in [0.25, 0.3) is 11.8 Å². The molecule has 1 aliphatic rings. The summed E-state index contributed by atoms with van der Waals surface area (Å²) in [5.41, 5.74) is 3.93. The van der Waals surface area contributed by atoms with Crippen molar-refractivity contribution in [1.82, 2.24) is 4.90 Å². The van der Waals surface area contributed by atoms with E-state index in [4.69, 9.17) is 16.7 Å². The first-order valence-corrected chi connectivity index (χ1v) is 10.7. The lowest BCUT2D eigenvalue weighted by Gasteiger charge is -2.17. The number of carbonyl (C=O) groups excluding carboxylic acids is 2. The van der Waals surface area contributed by atoms with Crippen molar-refractivity contribution >= 4 is 46.1 Å². The summed E-state index contributed by atoms with van der Waals surface area (Å²) in [6.45, 7) is 1.40. The van der Waals surface area contributed by atoms with Crippen molar-refractivity contribution in [1.29, 1.82) is 0 Å². The highest BCUT2D eigenvalue weighted by Gasteiger charge is 2.29. The quantitative estimate of drug-likeness (QED) is 0.513. The molecule has 0 atom stereocenters. The molecule has 0 saturated heterocycles. The number of benzene rings is 2. The molecule has 0 bridgehead atoms. The number of nitrogens with zero attached hydrogens (tertiary/aromatic N) is 1. The summed E-state index contributed by atoms with van der Waals surface area (Å²) >= 11 is 7.14. The van der Waals surface area contributed by atoms with Crippen LogP contribution in [0.3, 0.4) is 0 Å². The van der Waals surface area contributed by atoms with Gasteiger partial charge in [-0.15, -0.1) is 11.3 Å². The maximum Gasteiger partial charge on any atom is 0.265 e. The first-order valence-electron chi connectivity index (χ1n) is 9.46. The Balaban J connectivity index is 1.50. The zero-order valence-corrected chi connectivity index (χ0v) is 17.6. The van der Waals surface area contributed by atoms with Gasteiger partial charge in [0.2, 0.25) is 0 Å². The Kier molecular flexibility index (Phi) is 6.03. The van der Waals surface area contributed by atoms with E-state index in [2.05, 4.69) is 10.6 Å². The van der Waals surface area contributed by atoms with Gasteiger partial charge >= 0.3 is 0 Å². The van der Waals surface area contributed by atoms with Gasteiger partial charge in [-0.2, -0.15) is 0 Å². The predicted octanol–water partition coefficient (Wildman–Crippen LogP) is 4.21. The van der Waals surface area contributed by atoms with Gasteiger partial charge in [-0.05, 0) is 42.0 Å². The highest BCUT2D eigenvalue weighted by Crippen LogP contribution is 2.31. The van der Waals surface area contributed by atoms with Crippen LogP contribution in [0.5, 0.6) is 0 Å². The van der Waals surface area contributed by atoms with Crippen LogP contribution in [0, 0.1) is 0 Å². The van der Waals surface area contributed by atoms with Crippen LogP contribution in [0.15, 0.2) is 54.6 Å². The van der Waals surface area contributed by atoms with Crippen molar-refractivity contribution in [3.63, 3.8) is 0 Å². The fourth-order valence-electron chi connectivity index (χ4n) is 3.46. The van der Waals surface area contributed by atoms with Crippen LogP contribution in [-0.2, 0) is 13.1 Å². The molecule has 0 fully saturated rings. The molecule has 0 saturated carbocycles. The van der Waals surface area contributed by atoms with E-state index in [0.717, 1.165) is 16.8 Å². The van der Waals surface area contributed by atoms with Gasteiger partial charge in [-0.1, -0.05) is 29.8 Å². The van der Waals surface area contributed by atoms with Crippen molar-refractivity contribution in [2.75, 3.05) is 23.8 Å². The van der Waals surface area contributed by atoms with E-state index >= 15 is 0 Å². The van der Waals surface area contributed by atoms with Crippen LogP contribution in [0.25, 0.3) is 0 Å². The monoisotopic (exact) mass is 441 g/mol. The second-order valence-electron chi connectivity index (χ2n) is 6.90. The number of hydrogen-bond acceptors (Lipinski definition) is 5. The van der Waals surface area contributed by atoms with E-state index in [9.17, 15) is 9.59 Å².